The Morgan fingerprint density at radius 2 is 1.84 bits per heavy atom. The van der Waals surface area contributed by atoms with Gasteiger partial charge in [0.25, 0.3) is 0 Å². The molecule has 0 saturated carbocycles. The predicted octanol–water partition coefficient (Wildman–Crippen LogP) is 3.79. The van der Waals surface area contributed by atoms with Crippen LogP contribution in [-0.4, -0.2) is 12.6 Å². The maximum Gasteiger partial charge on any atom is 0.132 e. The average molecular weight is 253 g/mol. The van der Waals surface area contributed by atoms with Crippen LogP contribution in [0, 0.1) is 0 Å². The predicted molar refractivity (Wildman–Crippen MR) is 78.4 cm³/mol. The van der Waals surface area contributed by atoms with Gasteiger partial charge in [-0.05, 0) is 19.0 Å². The van der Waals surface area contributed by atoms with E-state index >= 15 is 0 Å². The maximum atomic E-state index is 6.10. The lowest BCUT2D eigenvalue weighted by Crippen LogP contribution is -2.28. The van der Waals surface area contributed by atoms with Crippen molar-refractivity contribution in [3.63, 3.8) is 0 Å². The van der Waals surface area contributed by atoms with Crippen LogP contribution in [-0.2, 0) is 0 Å². The Labute approximate surface area is 114 Å². The van der Waals surface area contributed by atoms with Crippen molar-refractivity contribution in [2.75, 3.05) is 6.54 Å². The topological polar surface area (TPSA) is 21.3 Å². The molecule has 2 unspecified atom stereocenters. The van der Waals surface area contributed by atoms with Gasteiger partial charge in [0, 0.05) is 11.1 Å². The molecule has 2 aromatic carbocycles. The fourth-order valence-corrected chi connectivity index (χ4v) is 2.78. The molecule has 0 bridgehead atoms. The lowest BCUT2D eigenvalue weighted by molar-refractivity contribution is 0.211. The smallest absolute Gasteiger partial charge is 0.132 e. The summed E-state index contributed by atoms with van der Waals surface area (Å²) in [6.45, 7) is 5.21. The number of likely N-dealkylation sites (N-methyl/N-ethyl adjacent to an activating group) is 1. The van der Waals surface area contributed by atoms with E-state index in [1.54, 1.807) is 0 Å². The van der Waals surface area contributed by atoms with Crippen molar-refractivity contribution in [3.05, 3.63) is 54.1 Å². The van der Waals surface area contributed by atoms with E-state index in [2.05, 4.69) is 61.6 Å². The second-order valence-corrected chi connectivity index (χ2v) is 4.95. The van der Waals surface area contributed by atoms with E-state index < -0.39 is 0 Å². The molecule has 2 nitrogen and oxygen atoms in total. The molecular weight excluding hydrogens is 234 g/mol. The molecular formula is C17H19NO. The Bertz CT molecular complexity index is 565. The first-order valence-corrected chi connectivity index (χ1v) is 6.89. The highest BCUT2D eigenvalue weighted by Crippen LogP contribution is 2.43. The molecule has 0 aromatic heterocycles. The molecule has 0 amide bonds. The highest BCUT2D eigenvalue weighted by molar-refractivity contribution is 5.73. The number of hydrogen-bond acceptors (Lipinski definition) is 2. The molecule has 1 aliphatic heterocycles. The van der Waals surface area contributed by atoms with Crippen LogP contribution in [0.2, 0.25) is 0 Å². The Morgan fingerprint density at radius 1 is 1.05 bits per heavy atom. The SMILES string of the molecule is CCNC1c2cccc(-c3ccccc3)c2OC1C. The van der Waals surface area contributed by atoms with Crippen LogP contribution in [0.1, 0.15) is 25.5 Å². The minimum atomic E-state index is 0.180. The maximum absolute atomic E-state index is 6.10. The number of para-hydroxylation sites is 1. The van der Waals surface area contributed by atoms with E-state index in [4.69, 9.17) is 4.74 Å². The molecule has 1 aliphatic rings. The first kappa shape index (κ1) is 12.2. The first-order chi connectivity index (χ1) is 9.31. The van der Waals surface area contributed by atoms with Crippen molar-refractivity contribution in [1.29, 1.82) is 0 Å². The molecule has 2 heteroatoms. The zero-order valence-electron chi connectivity index (χ0n) is 11.4. The molecule has 98 valence electrons. The summed E-state index contributed by atoms with van der Waals surface area (Å²) in [5.41, 5.74) is 3.67. The third kappa shape index (κ3) is 2.13. The van der Waals surface area contributed by atoms with Crippen LogP contribution in [0.5, 0.6) is 5.75 Å². The van der Waals surface area contributed by atoms with Gasteiger partial charge < -0.3 is 10.1 Å². The van der Waals surface area contributed by atoms with Crippen LogP contribution < -0.4 is 10.1 Å². The Kier molecular flexibility index (Phi) is 3.26. The summed E-state index contributed by atoms with van der Waals surface area (Å²) in [7, 11) is 0. The van der Waals surface area contributed by atoms with E-state index in [-0.39, 0.29) is 6.10 Å². The van der Waals surface area contributed by atoms with Crippen LogP contribution in [0.3, 0.4) is 0 Å². The minimum absolute atomic E-state index is 0.180. The van der Waals surface area contributed by atoms with Crippen molar-refractivity contribution >= 4 is 0 Å². The Morgan fingerprint density at radius 3 is 2.58 bits per heavy atom. The van der Waals surface area contributed by atoms with Gasteiger partial charge in [-0.1, -0.05) is 55.5 Å². The van der Waals surface area contributed by atoms with E-state index in [1.165, 1.54) is 16.7 Å². The molecule has 1 heterocycles. The standard InChI is InChI=1S/C17H19NO/c1-3-18-16-12(2)19-17-14(10-7-11-15(16)17)13-8-5-4-6-9-13/h4-12,16,18H,3H2,1-2H3. The van der Waals surface area contributed by atoms with Gasteiger partial charge in [0.15, 0.2) is 0 Å². The van der Waals surface area contributed by atoms with Gasteiger partial charge in [-0.15, -0.1) is 0 Å². The van der Waals surface area contributed by atoms with Gasteiger partial charge in [-0.3, -0.25) is 0 Å². The number of benzene rings is 2. The molecule has 2 atom stereocenters. The summed E-state index contributed by atoms with van der Waals surface area (Å²) in [6, 6.07) is 17.1. The highest BCUT2D eigenvalue weighted by Gasteiger charge is 2.32. The van der Waals surface area contributed by atoms with Gasteiger partial charge >= 0.3 is 0 Å². The van der Waals surface area contributed by atoms with Gasteiger partial charge in [-0.2, -0.15) is 0 Å². The van der Waals surface area contributed by atoms with Gasteiger partial charge in [0.1, 0.15) is 11.9 Å². The number of rotatable bonds is 3. The van der Waals surface area contributed by atoms with Crippen molar-refractivity contribution in [2.24, 2.45) is 0 Å². The number of ether oxygens (including phenoxy) is 1. The number of nitrogens with one attached hydrogen (secondary N) is 1. The molecule has 19 heavy (non-hydrogen) atoms. The number of hydrogen-bond donors (Lipinski definition) is 1. The second-order valence-electron chi connectivity index (χ2n) is 4.95. The fraction of sp³-hybridized carbons (Fsp3) is 0.294. The third-order valence-corrected chi connectivity index (χ3v) is 3.66. The largest absolute Gasteiger partial charge is 0.488 e. The van der Waals surface area contributed by atoms with E-state index in [0.29, 0.717) is 6.04 Å². The van der Waals surface area contributed by atoms with E-state index in [9.17, 15) is 0 Å². The fourth-order valence-electron chi connectivity index (χ4n) is 2.78. The lowest BCUT2D eigenvalue weighted by atomic mass is 9.98. The van der Waals surface area contributed by atoms with E-state index in [0.717, 1.165) is 12.3 Å². The quantitative estimate of drug-likeness (QED) is 0.898. The molecule has 0 radical (unpaired) electrons. The molecule has 0 saturated heterocycles. The first-order valence-electron chi connectivity index (χ1n) is 6.89. The van der Waals surface area contributed by atoms with E-state index in [1.807, 2.05) is 6.07 Å². The zero-order chi connectivity index (χ0) is 13.2. The van der Waals surface area contributed by atoms with Gasteiger partial charge in [0.2, 0.25) is 0 Å². The van der Waals surface area contributed by atoms with Gasteiger partial charge in [0.05, 0.1) is 6.04 Å². The molecule has 2 aromatic rings. The lowest BCUT2D eigenvalue weighted by Gasteiger charge is -2.14. The average Bonchev–Trinajstić information content (AvgIpc) is 2.77. The summed E-state index contributed by atoms with van der Waals surface area (Å²) in [6.07, 6.45) is 0.180. The monoisotopic (exact) mass is 253 g/mol. The van der Waals surface area contributed by atoms with Crippen LogP contribution in [0.25, 0.3) is 11.1 Å². The molecule has 1 N–H and O–H groups in total. The van der Waals surface area contributed by atoms with Crippen molar-refractivity contribution in [1.82, 2.24) is 5.32 Å². The molecule has 0 spiro atoms. The van der Waals surface area contributed by atoms with Crippen LogP contribution >= 0.6 is 0 Å². The van der Waals surface area contributed by atoms with Crippen molar-refractivity contribution < 1.29 is 4.74 Å². The molecule has 0 fully saturated rings. The van der Waals surface area contributed by atoms with Crippen LogP contribution in [0.15, 0.2) is 48.5 Å². The van der Waals surface area contributed by atoms with Crippen LogP contribution in [0.4, 0.5) is 0 Å². The summed E-state index contributed by atoms with van der Waals surface area (Å²) < 4.78 is 6.10. The third-order valence-electron chi connectivity index (χ3n) is 3.66. The summed E-state index contributed by atoms with van der Waals surface area (Å²) in [5, 5.41) is 3.50. The van der Waals surface area contributed by atoms with Gasteiger partial charge in [-0.25, -0.2) is 0 Å². The Balaban J connectivity index is 2.07. The number of fused-ring (bicyclic) bond motifs is 1. The van der Waals surface area contributed by atoms with Crippen molar-refractivity contribution in [3.8, 4) is 16.9 Å². The molecule has 3 rings (SSSR count). The summed E-state index contributed by atoms with van der Waals surface area (Å²) in [5.74, 6) is 1.03. The van der Waals surface area contributed by atoms with Crippen molar-refractivity contribution in [2.45, 2.75) is 26.0 Å². The normalized spacial score (nSPS) is 20.9. The highest BCUT2D eigenvalue weighted by atomic mass is 16.5. The summed E-state index contributed by atoms with van der Waals surface area (Å²) in [4.78, 5) is 0. The molecule has 0 aliphatic carbocycles. The minimum Gasteiger partial charge on any atom is -0.488 e. The zero-order valence-corrected chi connectivity index (χ0v) is 11.4. The Hall–Kier alpha value is -1.80. The second kappa shape index (κ2) is 5.06. The summed E-state index contributed by atoms with van der Waals surface area (Å²) >= 11 is 0.